The first-order valence-corrected chi connectivity index (χ1v) is 6.17. The summed E-state index contributed by atoms with van der Waals surface area (Å²) >= 11 is 0. The van der Waals surface area contributed by atoms with Crippen molar-refractivity contribution in [1.82, 2.24) is 0 Å². The smallest absolute Gasteiger partial charge is 0.0217 e. The van der Waals surface area contributed by atoms with Crippen LogP contribution in [0.3, 0.4) is 0 Å². The molecule has 0 aromatic carbocycles. The average Bonchev–Trinajstić information content (AvgIpc) is 1.80. The van der Waals surface area contributed by atoms with Crippen molar-refractivity contribution in [2.75, 3.05) is 0 Å². The fraction of sp³-hybridized carbons (Fsp3) is 0.818. The Morgan fingerprint density at radius 2 is 1.75 bits per heavy atom. The van der Waals surface area contributed by atoms with Crippen LogP contribution in [-0.2, 0) is 0 Å². The van der Waals surface area contributed by atoms with Crippen molar-refractivity contribution in [3.8, 4) is 0 Å². The highest BCUT2D eigenvalue weighted by atomic mass is 31.1. The summed E-state index contributed by atoms with van der Waals surface area (Å²) in [7, 11) is 1.08. The van der Waals surface area contributed by atoms with E-state index in [-0.39, 0.29) is 0 Å². The van der Waals surface area contributed by atoms with E-state index in [0.717, 1.165) is 20.2 Å². The van der Waals surface area contributed by atoms with Crippen molar-refractivity contribution in [2.24, 2.45) is 5.92 Å². The molecule has 0 bridgehead atoms. The van der Waals surface area contributed by atoms with E-state index < -0.39 is 0 Å². The molecular weight excluding hydrogens is 163 g/mol. The predicted octanol–water partition coefficient (Wildman–Crippen LogP) is 4.17. The van der Waals surface area contributed by atoms with Gasteiger partial charge >= 0.3 is 0 Å². The third-order valence-electron chi connectivity index (χ3n) is 2.36. The van der Waals surface area contributed by atoms with Gasteiger partial charge < -0.3 is 0 Å². The van der Waals surface area contributed by atoms with E-state index in [0.29, 0.717) is 0 Å². The highest BCUT2D eigenvalue weighted by Crippen LogP contribution is 2.43. The van der Waals surface area contributed by atoms with Gasteiger partial charge in [-0.1, -0.05) is 41.8 Å². The number of hydrogen-bond donors (Lipinski definition) is 0. The molecule has 0 spiro atoms. The SMILES string of the molecule is CC(C)PC(=C1CCC1)C(C)C. The van der Waals surface area contributed by atoms with Gasteiger partial charge in [-0.15, -0.1) is 0 Å². The zero-order chi connectivity index (χ0) is 9.14. The maximum absolute atomic E-state index is 2.34. The Morgan fingerprint density at radius 1 is 1.17 bits per heavy atom. The van der Waals surface area contributed by atoms with Crippen LogP contribution in [0.15, 0.2) is 10.9 Å². The van der Waals surface area contributed by atoms with E-state index >= 15 is 0 Å². The van der Waals surface area contributed by atoms with Gasteiger partial charge in [0.05, 0.1) is 0 Å². The molecule has 1 heteroatoms. The Kier molecular flexibility index (Phi) is 3.77. The van der Waals surface area contributed by atoms with Crippen LogP contribution in [0.1, 0.15) is 47.0 Å². The Hall–Kier alpha value is 0.170. The average molecular weight is 184 g/mol. The topological polar surface area (TPSA) is 0 Å². The van der Waals surface area contributed by atoms with E-state index in [1.165, 1.54) is 19.3 Å². The molecule has 0 amide bonds. The highest BCUT2D eigenvalue weighted by Gasteiger charge is 2.17. The van der Waals surface area contributed by atoms with E-state index in [1.807, 2.05) is 0 Å². The van der Waals surface area contributed by atoms with E-state index in [2.05, 4.69) is 27.7 Å². The standard InChI is InChI=1S/C11H21P/c1-8(2)11(12-9(3)4)10-6-5-7-10/h8-9,12H,5-7H2,1-4H3. The molecule has 0 heterocycles. The summed E-state index contributed by atoms with van der Waals surface area (Å²) < 4.78 is 0. The van der Waals surface area contributed by atoms with Crippen LogP contribution in [-0.4, -0.2) is 5.66 Å². The van der Waals surface area contributed by atoms with Gasteiger partial charge in [0.1, 0.15) is 0 Å². The molecule has 0 nitrogen and oxygen atoms in total. The van der Waals surface area contributed by atoms with Gasteiger partial charge in [-0.3, -0.25) is 0 Å². The van der Waals surface area contributed by atoms with Gasteiger partial charge in [0.25, 0.3) is 0 Å². The molecule has 12 heavy (non-hydrogen) atoms. The molecule has 0 radical (unpaired) electrons. The highest BCUT2D eigenvalue weighted by molar-refractivity contribution is 7.43. The molecule has 1 saturated carbocycles. The molecule has 1 aliphatic rings. The minimum atomic E-state index is 0.793. The van der Waals surface area contributed by atoms with Crippen LogP contribution in [0.5, 0.6) is 0 Å². The minimum absolute atomic E-state index is 0.793. The summed E-state index contributed by atoms with van der Waals surface area (Å²) in [5, 5.41) is 1.79. The zero-order valence-electron chi connectivity index (χ0n) is 8.78. The molecule has 1 aliphatic carbocycles. The van der Waals surface area contributed by atoms with Gasteiger partial charge in [0.2, 0.25) is 0 Å². The van der Waals surface area contributed by atoms with Crippen molar-refractivity contribution >= 4 is 8.58 Å². The fourth-order valence-corrected chi connectivity index (χ4v) is 3.02. The lowest BCUT2D eigenvalue weighted by molar-refractivity contribution is 0.635. The third-order valence-corrected chi connectivity index (χ3v) is 4.18. The summed E-state index contributed by atoms with van der Waals surface area (Å²) in [6.45, 7) is 9.35. The number of rotatable bonds is 3. The van der Waals surface area contributed by atoms with Crippen LogP contribution in [0.4, 0.5) is 0 Å². The quantitative estimate of drug-likeness (QED) is 0.577. The normalized spacial score (nSPS) is 18.0. The molecule has 0 aromatic heterocycles. The predicted molar refractivity (Wildman–Crippen MR) is 59.2 cm³/mol. The summed E-state index contributed by atoms with van der Waals surface area (Å²) in [6, 6.07) is 0. The summed E-state index contributed by atoms with van der Waals surface area (Å²) in [6.07, 6.45) is 4.23. The van der Waals surface area contributed by atoms with Gasteiger partial charge in [0.15, 0.2) is 0 Å². The van der Waals surface area contributed by atoms with Gasteiger partial charge in [-0.05, 0) is 36.2 Å². The lowest BCUT2D eigenvalue weighted by Crippen LogP contribution is -2.05. The van der Waals surface area contributed by atoms with E-state index in [4.69, 9.17) is 0 Å². The van der Waals surface area contributed by atoms with Crippen molar-refractivity contribution in [3.63, 3.8) is 0 Å². The Bertz CT molecular complexity index is 171. The van der Waals surface area contributed by atoms with Crippen LogP contribution < -0.4 is 0 Å². The Labute approximate surface area is 78.6 Å². The first-order valence-electron chi connectivity index (χ1n) is 5.09. The van der Waals surface area contributed by atoms with Crippen LogP contribution >= 0.6 is 8.58 Å². The Balaban J connectivity index is 2.61. The molecule has 70 valence electrons. The molecule has 1 atom stereocenters. The zero-order valence-corrected chi connectivity index (χ0v) is 9.78. The van der Waals surface area contributed by atoms with E-state index in [1.54, 1.807) is 10.9 Å². The molecule has 0 aliphatic heterocycles. The molecule has 0 aromatic rings. The van der Waals surface area contributed by atoms with Crippen molar-refractivity contribution in [1.29, 1.82) is 0 Å². The van der Waals surface area contributed by atoms with Crippen molar-refractivity contribution in [2.45, 2.75) is 52.6 Å². The van der Waals surface area contributed by atoms with Crippen LogP contribution in [0.25, 0.3) is 0 Å². The fourth-order valence-electron chi connectivity index (χ4n) is 1.61. The first kappa shape index (κ1) is 10.3. The molecule has 0 saturated heterocycles. The minimum Gasteiger partial charge on any atom is -0.0920 e. The molecular formula is C11H21P. The van der Waals surface area contributed by atoms with E-state index in [9.17, 15) is 0 Å². The van der Waals surface area contributed by atoms with Gasteiger partial charge in [0, 0.05) is 0 Å². The Morgan fingerprint density at radius 3 is 2.00 bits per heavy atom. The second-order valence-corrected chi connectivity index (χ2v) is 6.31. The second kappa shape index (κ2) is 4.42. The number of hydrogen-bond acceptors (Lipinski definition) is 0. The summed E-state index contributed by atoms with van der Waals surface area (Å²) in [5.41, 5.74) is 2.65. The third kappa shape index (κ3) is 2.59. The van der Waals surface area contributed by atoms with Crippen LogP contribution in [0.2, 0.25) is 0 Å². The first-order chi connectivity index (χ1) is 5.61. The lowest BCUT2D eigenvalue weighted by Gasteiger charge is -2.25. The summed E-state index contributed by atoms with van der Waals surface area (Å²) in [4.78, 5) is 0. The molecule has 1 fully saturated rings. The maximum atomic E-state index is 2.34. The van der Waals surface area contributed by atoms with Crippen molar-refractivity contribution < 1.29 is 0 Å². The number of allylic oxidation sites excluding steroid dienone is 2. The maximum Gasteiger partial charge on any atom is -0.0217 e. The van der Waals surface area contributed by atoms with Gasteiger partial charge in [-0.2, -0.15) is 0 Å². The monoisotopic (exact) mass is 184 g/mol. The lowest BCUT2D eigenvalue weighted by atomic mass is 9.90. The molecule has 1 unspecified atom stereocenters. The summed E-state index contributed by atoms with van der Waals surface area (Å²) in [5.74, 6) is 0.793. The molecule has 1 rings (SSSR count). The van der Waals surface area contributed by atoms with Gasteiger partial charge in [-0.25, -0.2) is 0 Å². The van der Waals surface area contributed by atoms with Crippen LogP contribution in [0, 0.1) is 5.92 Å². The molecule has 0 N–H and O–H groups in total. The second-order valence-electron chi connectivity index (χ2n) is 4.32. The van der Waals surface area contributed by atoms with Crippen molar-refractivity contribution in [3.05, 3.63) is 10.9 Å². The largest absolute Gasteiger partial charge is 0.0920 e.